The van der Waals surface area contributed by atoms with Crippen molar-refractivity contribution in [2.75, 3.05) is 13.1 Å². The lowest BCUT2D eigenvalue weighted by atomic mass is 9.97. The zero-order valence-corrected chi connectivity index (χ0v) is 11.8. The monoisotopic (exact) mass is 226 g/mol. The minimum absolute atomic E-state index is 0.702. The molecule has 1 saturated heterocycles. The van der Waals surface area contributed by atoms with Crippen LogP contribution in [0.4, 0.5) is 0 Å². The van der Waals surface area contributed by atoms with Gasteiger partial charge in [0.2, 0.25) is 0 Å². The lowest BCUT2D eigenvalue weighted by molar-refractivity contribution is 0.0802. The Bertz CT molecular complexity index is 187. The van der Waals surface area contributed by atoms with Gasteiger partial charge in [0, 0.05) is 31.2 Å². The molecule has 2 nitrogen and oxygen atoms in total. The van der Waals surface area contributed by atoms with Gasteiger partial charge in [-0.25, -0.2) is 0 Å². The number of nitrogens with one attached hydrogen (secondary N) is 1. The molecule has 1 aliphatic heterocycles. The Morgan fingerprint density at radius 2 is 1.88 bits per heavy atom. The smallest absolute Gasteiger partial charge is 0.0198 e. The minimum atomic E-state index is 0.702. The summed E-state index contributed by atoms with van der Waals surface area (Å²) >= 11 is 0. The molecule has 0 radical (unpaired) electrons. The highest BCUT2D eigenvalue weighted by Gasteiger charge is 2.28. The summed E-state index contributed by atoms with van der Waals surface area (Å²) in [4.78, 5) is 2.73. The average Bonchev–Trinajstić information content (AvgIpc) is 2.23. The highest BCUT2D eigenvalue weighted by atomic mass is 15.2. The van der Waals surface area contributed by atoms with Gasteiger partial charge in [-0.2, -0.15) is 0 Å². The molecule has 0 saturated carbocycles. The number of nitrogens with zero attached hydrogens (tertiary/aromatic N) is 1. The van der Waals surface area contributed by atoms with Crippen LogP contribution in [0.2, 0.25) is 0 Å². The van der Waals surface area contributed by atoms with Gasteiger partial charge in [0.1, 0.15) is 0 Å². The van der Waals surface area contributed by atoms with Crippen LogP contribution in [0.5, 0.6) is 0 Å². The average molecular weight is 226 g/mol. The van der Waals surface area contributed by atoms with Crippen LogP contribution >= 0.6 is 0 Å². The first kappa shape index (κ1) is 14.0. The van der Waals surface area contributed by atoms with Crippen molar-refractivity contribution in [3.05, 3.63) is 0 Å². The third-order valence-electron chi connectivity index (χ3n) is 3.87. The number of rotatable bonds is 5. The normalized spacial score (nSPS) is 27.9. The zero-order chi connectivity index (χ0) is 12.1. The summed E-state index contributed by atoms with van der Waals surface area (Å²) < 4.78 is 0. The molecule has 16 heavy (non-hydrogen) atoms. The molecule has 0 aromatic heterocycles. The number of hydrogen-bond acceptors (Lipinski definition) is 2. The van der Waals surface area contributed by atoms with E-state index in [1.807, 2.05) is 0 Å². The van der Waals surface area contributed by atoms with E-state index in [1.165, 1.54) is 25.8 Å². The van der Waals surface area contributed by atoms with Crippen LogP contribution in [-0.4, -0.2) is 36.1 Å². The predicted molar refractivity (Wildman–Crippen MR) is 71.8 cm³/mol. The Balaban J connectivity index is 2.53. The first-order chi connectivity index (χ1) is 7.58. The SMILES string of the molecule is CCC(CC)N1CC(CC(C)C)NCC1C. The van der Waals surface area contributed by atoms with E-state index in [0.717, 1.165) is 18.5 Å². The van der Waals surface area contributed by atoms with Crippen molar-refractivity contribution in [2.45, 2.75) is 72.0 Å². The highest BCUT2D eigenvalue weighted by molar-refractivity contribution is 4.87. The van der Waals surface area contributed by atoms with E-state index in [-0.39, 0.29) is 0 Å². The van der Waals surface area contributed by atoms with Gasteiger partial charge in [0.25, 0.3) is 0 Å². The van der Waals surface area contributed by atoms with Gasteiger partial charge in [0.15, 0.2) is 0 Å². The maximum atomic E-state index is 3.69. The maximum Gasteiger partial charge on any atom is 0.0198 e. The Kier molecular flexibility index (Phi) is 5.77. The van der Waals surface area contributed by atoms with E-state index in [2.05, 4.69) is 44.8 Å². The van der Waals surface area contributed by atoms with Gasteiger partial charge in [0.05, 0.1) is 0 Å². The predicted octanol–water partition coefficient (Wildman–Crippen LogP) is 2.88. The molecule has 0 bridgehead atoms. The topological polar surface area (TPSA) is 15.3 Å². The van der Waals surface area contributed by atoms with Crippen LogP contribution in [0.15, 0.2) is 0 Å². The minimum Gasteiger partial charge on any atom is -0.311 e. The van der Waals surface area contributed by atoms with Crippen molar-refractivity contribution in [3.8, 4) is 0 Å². The molecule has 0 spiro atoms. The molecular weight excluding hydrogens is 196 g/mol. The quantitative estimate of drug-likeness (QED) is 0.775. The standard InChI is InChI=1S/C14H30N2/c1-6-14(7-2)16-10-13(8-11(3)4)15-9-12(16)5/h11-15H,6-10H2,1-5H3. The molecule has 1 N–H and O–H groups in total. The van der Waals surface area contributed by atoms with Gasteiger partial charge < -0.3 is 5.32 Å². The van der Waals surface area contributed by atoms with Gasteiger partial charge in [-0.3, -0.25) is 4.90 Å². The molecule has 0 aromatic carbocycles. The highest BCUT2D eigenvalue weighted by Crippen LogP contribution is 2.18. The Morgan fingerprint density at radius 3 is 2.38 bits per heavy atom. The lowest BCUT2D eigenvalue weighted by Crippen LogP contribution is -2.58. The second-order valence-corrected chi connectivity index (χ2v) is 5.75. The maximum absolute atomic E-state index is 3.69. The lowest BCUT2D eigenvalue weighted by Gasteiger charge is -2.43. The molecule has 0 amide bonds. The summed E-state index contributed by atoms with van der Waals surface area (Å²) in [5, 5.41) is 3.69. The van der Waals surface area contributed by atoms with Crippen LogP contribution in [-0.2, 0) is 0 Å². The molecule has 1 aliphatic rings. The van der Waals surface area contributed by atoms with E-state index < -0.39 is 0 Å². The molecule has 2 heteroatoms. The number of piperazine rings is 1. The van der Waals surface area contributed by atoms with Crippen molar-refractivity contribution < 1.29 is 0 Å². The Hall–Kier alpha value is -0.0800. The summed E-state index contributed by atoms with van der Waals surface area (Å²) in [6, 6.07) is 2.19. The second kappa shape index (κ2) is 6.61. The summed E-state index contributed by atoms with van der Waals surface area (Å²) in [6.45, 7) is 14.0. The Labute approximate surface area is 102 Å². The fourth-order valence-electron chi connectivity index (χ4n) is 2.95. The van der Waals surface area contributed by atoms with E-state index in [4.69, 9.17) is 0 Å². The van der Waals surface area contributed by atoms with Crippen molar-refractivity contribution >= 4 is 0 Å². The molecule has 0 aromatic rings. The largest absolute Gasteiger partial charge is 0.311 e. The van der Waals surface area contributed by atoms with Crippen LogP contribution < -0.4 is 5.32 Å². The molecule has 96 valence electrons. The van der Waals surface area contributed by atoms with Crippen LogP contribution in [0, 0.1) is 5.92 Å². The zero-order valence-electron chi connectivity index (χ0n) is 11.8. The summed E-state index contributed by atoms with van der Waals surface area (Å²) in [5.74, 6) is 0.800. The molecule has 0 aliphatic carbocycles. The Morgan fingerprint density at radius 1 is 1.25 bits per heavy atom. The van der Waals surface area contributed by atoms with Gasteiger partial charge in [-0.05, 0) is 32.1 Å². The first-order valence-electron chi connectivity index (χ1n) is 7.07. The number of hydrogen-bond donors (Lipinski definition) is 1. The fourth-order valence-corrected chi connectivity index (χ4v) is 2.95. The van der Waals surface area contributed by atoms with Crippen LogP contribution in [0.1, 0.15) is 53.9 Å². The van der Waals surface area contributed by atoms with Gasteiger partial charge >= 0.3 is 0 Å². The van der Waals surface area contributed by atoms with E-state index in [9.17, 15) is 0 Å². The van der Waals surface area contributed by atoms with E-state index in [1.54, 1.807) is 0 Å². The first-order valence-corrected chi connectivity index (χ1v) is 7.07. The van der Waals surface area contributed by atoms with Crippen molar-refractivity contribution in [1.29, 1.82) is 0 Å². The van der Waals surface area contributed by atoms with Crippen LogP contribution in [0.3, 0.4) is 0 Å². The molecule has 1 heterocycles. The summed E-state index contributed by atoms with van der Waals surface area (Å²) in [7, 11) is 0. The van der Waals surface area contributed by atoms with E-state index in [0.29, 0.717) is 12.1 Å². The molecule has 2 atom stereocenters. The third-order valence-corrected chi connectivity index (χ3v) is 3.87. The van der Waals surface area contributed by atoms with Crippen molar-refractivity contribution in [3.63, 3.8) is 0 Å². The summed E-state index contributed by atoms with van der Waals surface area (Å²) in [5.41, 5.74) is 0. The van der Waals surface area contributed by atoms with E-state index >= 15 is 0 Å². The molecule has 1 fully saturated rings. The molecule has 1 rings (SSSR count). The third kappa shape index (κ3) is 3.74. The van der Waals surface area contributed by atoms with Crippen molar-refractivity contribution in [1.82, 2.24) is 10.2 Å². The van der Waals surface area contributed by atoms with Gasteiger partial charge in [-0.15, -0.1) is 0 Å². The second-order valence-electron chi connectivity index (χ2n) is 5.75. The summed E-state index contributed by atoms with van der Waals surface area (Å²) in [6.07, 6.45) is 3.88. The molecule has 2 unspecified atom stereocenters. The van der Waals surface area contributed by atoms with Crippen LogP contribution in [0.25, 0.3) is 0 Å². The fraction of sp³-hybridized carbons (Fsp3) is 1.00. The van der Waals surface area contributed by atoms with Crippen molar-refractivity contribution in [2.24, 2.45) is 5.92 Å². The van der Waals surface area contributed by atoms with Gasteiger partial charge in [-0.1, -0.05) is 27.7 Å². The molecular formula is C14H30N2.